The molecular weight excluding hydrogens is 292 g/mol. The Kier molecular flexibility index (Phi) is 4.65. The van der Waals surface area contributed by atoms with Crippen LogP contribution in [0, 0.1) is 0 Å². The molecular formula is C17H16N4S. The second-order valence-electron chi connectivity index (χ2n) is 4.73. The molecule has 0 spiro atoms. The molecule has 1 aromatic carbocycles. The molecule has 0 N–H and O–H groups in total. The molecule has 0 saturated heterocycles. The minimum Gasteiger partial charge on any atom is -0.305 e. The van der Waals surface area contributed by atoms with Gasteiger partial charge in [0, 0.05) is 30.8 Å². The van der Waals surface area contributed by atoms with Gasteiger partial charge in [-0.2, -0.15) is 0 Å². The van der Waals surface area contributed by atoms with Gasteiger partial charge in [0.15, 0.2) is 11.0 Å². The fourth-order valence-electron chi connectivity index (χ4n) is 2.06. The van der Waals surface area contributed by atoms with Crippen molar-refractivity contribution in [1.82, 2.24) is 19.7 Å². The van der Waals surface area contributed by atoms with Gasteiger partial charge in [-0.05, 0) is 17.7 Å². The number of thioether (sulfide) groups is 1. The smallest absolute Gasteiger partial charge is 0.191 e. The summed E-state index contributed by atoms with van der Waals surface area (Å²) in [7, 11) is 1.99. The zero-order valence-corrected chi connectivity index (χ0v) is 13.1. The van der Waals surface area contributed by atoms with Crippen molar-refractivity contribution >= 4 is 17.8 Å². The normalized spacial score (nSPS) is 11.1. The van der Waals surface area contributed by atoms with Gasteiger partial charge in [-0.3, -0.25) is 4.98 Å². The fourth-order valence-corrected chi connectivity index (χ4v) is 2.78. The van der Waals surface area contributed by atoms with Gasteiger partial charge in [-0.25, -0.2) is 0 Å². The molecule has 0 aliphatic carbocycles. The number of hydrogen-bond acceptors (Lipinski definition) is 4. The summed E-state index contributed by atoms with van der Waals surface area (Å²) in [4.78, 5) is 4.03. The Balaban J connectivity index is 1.65. The quantitative estimate of drug-likeness (QED) is 0.674. The lowest BCUT2D eigenvalue weighted by Gasteiger charge is -2.02. The van der Waals surface area contributed by atoms with E-state index in [9.17, 15) is 0 Å². The highest BCUT2D eigenvalue weighted by Gasteiger charge is 2.09. The number of pyridine rings is 1. The average molecular weight is 308 g/mol. The predicted molar refractivity (Wildman–Crippen MR) is 90.4 cm³/mol. The molecule has 0 amide bonds. The van der Waals surface area contributed by atoms with Crippen molar-refractivity contribution in [2.24, 2.45) is 7.05 Å². The Hall–Kier alpha value is -2.40. The van der Waals surface area contributed by atoms with Crippen LogP contribution >= 0.6 is 11.8 Å². The number of benzene rings is 1. The fraction of sp³-hybridized carbons (Fsp3) is 0.118. The van der Waals surface area contributed by atoms with Gasteiger partial charge >= 0.3 is 0 Å². The second-order valence-corrected chi connectivity index (χ2v) is 5.71. The standard InChI is InChI=1S/C17H16N4S/c1-21-16(15-9-11-18-12-10-15)19-20-17(21)22-13-5-8-14-6-3-2-4-7-14/h2-12H,13H2,1H3/b8-5+. The molecule has 0 radical (unpaired) electrons. The molecule has 0 fully saturated rings. The summed E-state index contributed by atoms with van der Waals surface area (Å²) >= 11 is 1.67. The SMILES string of the molecule is Cn1c(SC/C=C/c2ccccc2)nnc1-c1ccncc1. The van der Waals surface area contributed by atoms with E-state index in [1.165, 1.54) is 5.56 Å². The van der Waals surface area contributed by atoms with Crippen molar-refractivity contribution < 1.29 is 0 Å². The van der Waals surface area contributed by atoms with E-state index < -0.39 is 0 Å². The van der Waals surface area contributed by atoms with E-state index in [1.54, 1.807) is 24.2 Å². The topological polar surface area (TPSA) is 43.6 Å². The first-order chi connectivity index (χ1) is 10.8. The van der Waals surface area contributed by atoms with Crippen molar-refractivity contribution in [3.8, 4) is 11.4 Å². The molecule has 0 unspecified atom stereocenters. The summed E-state index contributed by atoms with van der Waals surface area (Å²) in [6, 6.07) is 14.1. The van der Waals surface area contributed by atoms with Crippen molar-refractivity contribution in [2.45, 2.75) is 5.16 Å². The highest BCUT2D eigenvalue weighted by Crippen LogP contribution is 2.22. The third kappa shape index (κ3) is 3.43. The van der Waals surface area contributed by atoms with Gasteiger partial charge in [0.1, 0.15) is 0 Å². The van der Waals surface area contributed by atoms with Gasteiger partial charge in [-0.15, -0.1) is 10.2 Å². The van der Waals surface area contributed by atoms with Crippen LogP contribution in [0.2, 0.25) is 0 Å². The lowest BCUT2D eigenvalue weighted by molar-refractivity contribution is 0.795. The van der Waals surface area contributed by atoms with E-state index in [1.807, 2.05) is 41.9 Å². The summed E-state index contributed by atoms with van der Waals surface area (Å²) in [5.41, 5.74) is 2.23. The Labute approximate surface area is 133 Å². The second kappa shape index (κ2) is 7.04. The molecule has 3 rings (SSSR count). The lowest BCUT2D eigenvalue weighted by atomic mass is 10.2. The molecule has 3 aromatic rings. The van der Waals surface area contributed by atoms with Crippen LogP contribution in [-0.2, 0) is 7.05 Å². The van der Waals surface area contributed by atoms with E-state index in [-0.39, 0.29) is 0 Å². The van der Waals surface area contributed by atoms with Crippen LogP contribution < -0.4 is 0 Å². The Morgan fingerprint density at radius 2 is 1.82 bits per heavy atom. The number of rotatable bonds is 5. The summed E-state index contributed by atoms with van der Waals surface area (Å²) in [5.74, 6) is 1.72. The maximum atomic E-state index is 4.26. The van der Waals surface area contributed by atoms with Crippen LogP contribution in [0.3, 0.4) is 0 Å². The molecule has 2 aromatic heterocycles. The number of aromatic nitrogens is 4. The van der Waals surface area contributed by atoms with Crippen LogP contribution in [0.1, 0.15) is 5.56 Å². The third-order valence-corrected chi connectivity index (χ3v) is 4.16. The van der Waals surface area contributed by atoms with E-state index >= 15 is 0 Å². The minimum absolute atomic E-state index is 0.858. The predicted octanol–water partition coefficient (Wildman–Crippen LogP) is 3.68. The monoisotopic (exact) mass is 308 g/mol. The molecule has 0 aliphatic heterocycles. The minimum atomic E-state index is 0.858. The Morgan fingerprint density at radius 1 is 1.05 bits per heavy atom. The summed E-state index contributed by atoms with van der Waals surface area (Å²) in [5, 5.41) is 9.43. The highest BCUT2D eigenvalue weighted by molar-refractivity contribution is 7.99. The Morgan fingerprint density at radius 3 is 2.59 bits per heavy atom. The van der Waals surface area contributed by atoms with Crippen molar-refractivity contribution in [1.29, 1.82) is 0 Å². The van der Waals surface area contributed by atoms with Gasteiger partial charge < -0.3 is 4.57 Å². The van der Waals surface area contributed by atoms with Crippen LogP contribution in [0.25, 0.3) is 17.5 Å². The third-order valence-electron chi connectivity index (χ3n) is 3.19. The van der Waals surface area contributed by atoms with Crippen LogP contribution in [-0.4, -0.2) is 25.5 Å². The first-order valence-corrected chi connectivity index (χ1v) is 7.97. The van der Waals surface area contributed by atoms with Crippen LogP contribution in [0.4, 0.5) is 0 Å². The van der Waals surface area contributed by atoms with E-state index in [2.05, 4.69) is 39.5 Å². The maximum Gasteiger partial charge on any atom is 0.191 e. The Bertz CT molecular complexity index is 751. The zero-order chi connectivity index (χ0) is 15.2. The van der Waals surface area contributed by atoms with Crippen LogP contribution in [0.5, 0.6) is 0 Å². The van der Waals surface area contributed by atoms with E-state index in [0.29, 0.717) is 0 Å². The number of nitrogens with zero attached hydrogens (tertiary/aromatic N) is 4. The summed E-state index contributed by atoms with van der Waals surface area (Å²) in [6.45, 7) is 0. The van der Waals surface area contributed by atoms with Crippen molar-refractivity contribution in [3.63, 3.8) is 0 Å². The molecule has 0 saturated carbocycles. The molecule has 0 bridgehead atoms. The van der Waals surface area contributed by atoms with Crippen molar-refractivity contribution in [3.05, 3.63) is 66.5 Å². The molecule has 4 nitrogen and oxygen atoms in total. The first kappa shape index (κ1) is 14.5. The molecule has 2 heterocycles. The lowest BCUT2D eigenvalue weighted by Crippen LogP contribution is -1.94. The molecule has 22 heavy (non-hydrogen) atoms. The van der Waals surface area contributed by atoms with Gasteiger partial charge in [0.05, 0.1) is 0 Å². The van der Waals surface area contributed by atoms with E-state index in [0.717, 1.165) is 22.3 Å². The molecule has 110 valence electrons. The van der Waals surface area contributed by atoms with Crippen molar-refractivity contribution in [2.75, 3.05) is 5.75 Å². The summed E-state index contributed by atoms with van der Waals surface area (Å²) in [6.07, 6.45) is 7.78. The largest absolute Gasteiger partial charge is 0.305 e. The van der Waals surface area contributed by atoms with E-state index in [4.69, 9.17) is 0 Å². The average Bonchev–Trinajstić information content (AvgIpc) is 2.94. The van der Waals surface area contributed by atoms with Crippen LogP contribution in [0.15, 0.2) is 66.1 Å². The van der Waals surface area contributed by atoms with Gasteiger partial charge in [-0.1, -0.05) is 54.2 Å². The molecule has 0 atom stereocenters. The maximum absolute atomic E-state index is 4.26. The molecule has 5 heteroatoms. The zero-order valence-electron chi connectivity index (χ0n) is 12.3. The number of hydrogen-bond donors (Lipinski definition) is 0. The first-order valence-electron chi connectivity index (χ1n) is 6.99. The molecule has 0 aliphatic rings. The van der Waals surface area contributed by atoms with Gasteiger partial charge in [0.2, 0.25) is 0 Å². The highest BCUT2D eigenvalue weighted by atomic mass is 32.2. The van der Waals surface area contributed by atoms with Gasteiger partial charge in [0.25, 0.3) is 0 Å². The summed E-state index contributed by atoms with van der Waals surface area (Å²) < 4.78 is 2.01.